The van der Waals surface area contributed by atoms with Crippen molar-refractivity contribution >= 4 is 11.8 Å². The quantitative estimate of drug-likeness (QED) is 0.381. The number of rotatable bonds is 0. The summed E-state index contributed by atoms with van der Waals surface area (Å²) < 4.78 is 11.3. The van der Waals surface area contributed by atoms with Gasteiger partial charge in [0, 0.05) is 17.8 Å². The van der Waals surface area contributed by atoms with Gasteiger partial charge in [-0.25, -0.2) is 0 Å². The third-order valence-electron chi connectivity index (χ3n) is 8.09. The van der Waals surface area contributed by atoms with Gasteiger partial charge in [-0.3, -0.25) is 9.59 Å². The number of aliphatic hydroxyl groups excluding tert-OH is 3. The maximum absolute atomic E-state index is 13.4. The van der Waals surface area contributed by atoms with Crippen molar-refractivity contribution in [3.05, 3.63) is 11.6 Å². The molecule has 8 nitrogen and oxygen atoms in total. The molecule has 5 aliphatic rings. The smallest absolute Gasteiger partial charge is 0.313 e. The molecule has 0 unspecified atom stereocenters. The molecule has 3 aliphatic carbocycles. The van der Waals surface area contributed by atoms with Crippen LogP contribution in [-0.4, -0.2) is 74.4 Å². The SMILES string of the molecule is C[C@@]12OC[C@@]34C(=O)C=C5[C@](C)([C@H](O)[C@@H](O)C[C@]5(C)O)[C@H]3[C@@H](O)[C@@H]1OC(=O)[C@@H]24. The summed E-state index contributed by atoms with van der Waals surface area (Å²) in [5, 5.41) is 43.6. The van der Waals surface area contributed by atoms with E-state index in [1.807, 2.05) is 0 Å². The average molecular weight is 380 g/mol. The summed E-state index contributed by atoms with van der Waals surface area (Å²) in [6.45, 7) is 4.70. The van der Waals surface area contributed by atoms with Crippen molar-refractivity contribution in [3.8, 4) is 0 Å². The molecule has 8 heteroatoms. The maximum atomic E-state index is 13.4. The second kappa shape index (κ2) is 4.63. The van der Waals surface area contributed by atoms with Crippen molar-refractivity contribution in [2.24, 2.45) is 22.7 Å². The molecule has 1 spiro atoms. The monoisotopic (exact) mass is 380 g/mol. The first-order chi connectivity index (χ1) is 12.4. The molecule has 4 fully saturated rings. The number of hydrogen-bond acceptors (Lipinski definition) is 8. The Labute approximate surface area is 155 Å². The van der Waals surface area contributed by atoms with E-state index in [2.05, 4.69) is 0 Å². The van der Waals surface area contributed by atoms with Crippen LogP contribution in [-0.2, 0) is 19.1 Å². The molecule has 148 valence electrons. The van der Waals surface area contributed by atoms with Gasteiger partial charge < -0.3 is 29.9 Å². The van der Waals surface area contributed by atoms with Crippen LogP contribution in [0.5, 0.6) is 0 Å². The number of ether oxygens (including phenoxy) is 2. The Morgan fingerprint density at radius 2 is 1.81 bits per heavy atom. The van der Waals surface area contributed by atoms with Crippen LogP contribution < -0.4 is 0 Å². The van der Waals surface area contributed by atoms with E-state index in [0.717, 1.165) is 0 Å². The van der Waals surface area contributed by atoms with Crippen LogP contribution in [0.1, 0.15) is 27.2 Å². The molecule has 2 aliphatic heterocycles. The third kappa shape index (κ3) is 1.61. The number of hydrogen-bond donors (Lipinski definition) is 4. The molecular weight excluding hydrogens is 356 g/mol. The Kier molecular flexibility index (Phi) is 3.04. The molecule has 0 amide bonds. The minimum atomic E-state index is -1.53. The Morgan fingerprint density at radius 1 is 1.15 bits per heavy atom. The van der Waals surface area contributed by atoms with Crippen molar-refractivity contribution in [2.75, 3.05) is 6.61 Å². The number of carbonyl (C=O) groups is 2. The van der Waals surface area contributed by atoms with E-state index in [-0.39, 0.29) is 18.6 Å². The summed E-state index contributed by atoms with van der Waals surface area (Å²) in [4.78, 5) is 26.0. The summed E-state index contributed by atoms with van der Waals surface area (Å²) in [5.74, 6) is -2.84. The third-order valence-corrected chi connectivity index (χ3v) is 8.09. The zero-order valence-corrected chi connectivity index (χ0v) is 15.4. The first-order valence-electron chi connectivity index (χ1n) is 9.30. The minimum Gasteiger partial charge on any atom is -0.456 e. The standard InChI is InChI=1S/C19H24O8/c1-16(25)5-7(20)13(23)17(2)8(16)4-9(21)19-6-26-18(3)12(19)15(24)27-14(18)10(22)11(17)19/h4,7,10-14,20,22-23,25H,5-6H2,1-3H3/t7-,10+,11+,12-,13+,14-,16-,17-,18-,19+/m0/s1. The number of ketones is 1. The van der Waals surface area contributed by atoms with E-state index >= 15 is 0 Å². The molecule has 27 heavy (non-hydrogen) atoms. The summed E-state index contributed by atoms with van der Waals surface area (Å²) in [6.07, 6.45) is -3.67. The Balaban J connectivity index is 1.82. The summed E-state index contributed by atoms with van der Waals surface area (Å²) in [7, 11) is 0. The topological polar surface area (TPSA) is 134 Å². The number of esters is 1. The van der Waals surface area contributed by atoms with Gasteiger partial charge in [0.2, 0.25) is 0 Å². The molecule has 2 heterocycles. The average Bonchev–Trinajstić information content (AvgIpc) is 2.94. The lowest BCUT2D eigenvalue weighted by Gasteiger charge is -2.61. The minimum absolute atomic E-state index is 0.0787. The van der Waals surface area contributed by atoms with Crippen LogP contribution in [0.2, 0.25) is 0 Å². The van der Waals surface area contributed by atoms with Gasteiger partial charge in [0.1, 0.15) is 11.5 Å². The van der Waals surface area contributed by atoms with Crippen molar-refractivity contribution in [3.63, 3.8) is 0 Å². The van der Waals surface area contributed by atoms with Crippen LogP contribution in [0.15, 0.2) is 11.6 Å². The van der Waals surface area contributed by atoms with Crippen LogP contribution >= 0.6 is 0 Å². The van der Waals surface area contributed by atoms with E-state index in [0.29, 0.717) is 0 Å². The van der Waals surface area contributed by atoms with Crippen LogP contribution in [0, 0.1) is 22.7 Å². The molecule has 0 radical (unpaired) electrons. The lowest BCUT2D eigenvalue weighted by molar-refractivity contribution is -0.204. The highest BCUT2D eigenvalue weighted by Gasteiger charge is 2.83. The fraction of sp³-hybridized carbons (Fsp3) is 0.789. The van der Waals surface area contributed by atoms with Crippen molar-refractivity contribution in [1.29, 1.82) is 0 Å². The van der Waals surface area contributed by atoms with E-state index in [1.54, 1.807) is 13.8 Å². The molecule has 0 aromatic carbocycles. The van der Waals surface area contributed by atoms with Gasteiger partial charge in [0.15, 0.2) is 11.9 Å². The number of allylic oxidation sites excluding steroid dienone is 1. The van der Waals surface area contributed by atoms with Gasteiger partial charge in [-0.15, -0.1) is 0 Å². The van der Waals surface area contributed by atoms with Crippen LogP contribution in [0.25, 0.3) is 0 Å². The van der Waals surface area contributed by atoms with Crippen molar-refractivity contribution < 1.29 is 39.5 Å². The first kappa shape index (κ1) is 17.8. The van der Waals surface area contributed by atoms with Crippen LogP contribution in [0.3, 0.4) is 0 Å². The lowest BCUT2D eigenvalue weighted by atomic mass is 9.41. The normalized spacial score (nSPS) is 61.2. The zero-order chi connectivity index (χ0) is 19.7. The van der Waals surface area contributed by atoms with Crippen molar-refractivity contribution in [1.82, 2.24) is 0 Å². The fourth-order valence-electron chi connectivity index (χ4n) is 7.06. The highest BCUT2D eigenvalue weighted by molar-refractivity contribution is 6.02. The maximum Gasteiger partial charge on any atom is 0.313 e. The Bertz CT molecular complexity index is 804. The summed E-state index contributed by atoms with van der Waals surface area (Å²) in [6, 6.07) is 0. The van der Waals surface area contributed by atoms with E-state index in [9.17, 15) is 30.0 Å². The molecule has 4 N–H and O–H groups in total. The predicted octanol–water partition coefficient (Wildman–Crippen LogP) is -1.31. The number of fused-ring (bicyclic) bond motifs is 2. The summed E-state index contributed by atoms with van der Waals surface area (Å²) >= 11 is 0. The molecule has 0 aromatic heterocycles. The van der Waals surface area contributed by atoms with Gasteiger partial charge >= 0.3 is 5.97 Å². The second-order valence-electron chi connectivity index (χ2n) is 9.47. The molecule has 0 aromatic rings. The Morgan fingerprint density at radius 3 is 2.48 bits per heavy atom. The zero-order valence-electron chi connectivity index (χ0n) is 15.4. The lowest BCUT2D eigenvalue weighted by Crippen LogP contribution is -2.72. The predicted molar refractivity (Wildman–Crippen MR) is 88.1 cm³/mol. The molecule has 2 saturated heterocycles. The molecule has 10 atom stereocenters. The first-order valence-corrected chi connectivity index (χ1v) is 9.30. The molecular formula is C19H24O8. The summed E-state index contributed by atoms with van der Waals surface area (Å²) in [5.41, 5.74) is -5.10. The van der Waals surface area contributed by atoms with Gasteiger partial charge in [-0.05, 0) is 25.5 Å². The Hall–Kier alpha value is -1.32. The molecule has 4 bridgehead atoms. The molecule has 2 saturated carbocycles. The molecule has 5 rings (SSSR count). The largest absolute Gasteiger partial charge is 0.456 e. The number of carbonyl (C=O) groups excluding carboxylic acids is 2. The highest BCUT2D eigenvalue weighted by atomic mass is 16.6. The van der Waals surface area contributed by atoms with Gasteiger partial charge in [-0.2, -0.15) is 0 Å². The van der Waals surface area contributed by atoms with Gasteiger partial charge in [0.05, 0.1) is 35.9 Å². The van der Waals surface area contributed by atoms with E-state index in [4.69, 9.17) is 9.47 Å². The number of aliphatic hydroxyl groups is 4. The highest BCUT2D eigenvalue weighted by Crippen LogP contribution is 2.70. The van der Waals surface area contributed by atoms with E-state index in [1.165, 1.54) is 13.0 Å². The van der Waals surface area contributed by atoms with Gasteiger partial charge in [0.25, 0.3) is 0 Å². The van der Waals surface area contributed by atoms with E-state index < -0.39 is 70.0 Å². The van der Waals surface area contributed by atoms with Gasteiger partial charge in [-0.1, -0.05) is 6.92 Å². The second-order valence-corrected chi connectivity index (χ2v) is 9.47. The van der Waals surface area contributed by atoms with Crippen molar-refractivity contribution in [2.45, 2.75) is 62.8 Å². The fourth-order valence-corrected chi connectivity index (χ4v) is 7.06. The van der Waals surface area contributed by atoms with Crippen LogP contribution in [0.4, 0.5) is 0 Å².